The molecule has 0 fully saturated rings. The quantitative estimate of drug-likeness (QED) is 0.659. The van der Waals surface area contributed by atoms with E-state index in [1.807, 2.05) is 37.4 Å². The maximum absolute atomic E-state index is 3.22. The molecule has 0 saturated heterocycles. The predicted octanol–water partition coefficient (Wildman–Crippen LogP) is 3.40. The van der Waals surface area contributed by atoms with Gasteiger partial charge in [0.25, 0.3) is 0 Å². The largest absolute Gasteiger partial charge is 2.00 e. The van der Waals surface area contributed by atoms with Crippen molar-refractivity contribution in [2.24, 2.45) is 0 Å². The monoisotopic (exact) mass is 287 g/mol. The third-order valence-electron chi connectivity index (χ3n) is 2.45. The molecule has 0 aliphatic rings. The van der Waals surface area contributed by atoms with Gasteiger partial charge in [-0.15, -0.1) is 6.07 Å². The average Bonchev–Trinajstić information content (AvgIpc) is 2.91. The van der Waals surface area contributed by atoms with Crippen LogP contribution >= 0.6 is 0 Å². The van der Waals surface area contributed by atoms with E-state index in [-0.39, 0.29) is 17.1 Å². The van der Waals surface area contributed by atoms with Gasteiger partial charge in [-0.1, -0.05) is 25.3 Å². The molecule has 0 radical (unpaired) electrons. The maximum Gasteiger partial charge on any atom is 2.00 e. The Hall–Kier alpha value is -0.764. The van der Waals surface area contributed by atoms with E-state index in [1.165, 1.54) is 10.9 Å². The van der Waals surface area contributed by atoms with E-state index in [0.717, 1.165) is 0 Å². The van der Waals surface area contributed by atoms with Crippen LogP contribution in [0.3, 0.4) is 0 Å². The summed E-state index contributed by atoms with van der Waals surface area (Å²) in [4.78, 5) is 0. The normalized spacial score (nSPS) is 9.88. The zero-order valence-corrected chi connectivity index (χ0v) is 13.1. The first kappa shape index (κ1) is 16.2. The first-order chi connectivity index (χ1) is 7.55. The number of hydrogen-bond acceptors (Lipinski definition) is 1. The van der Waals surface area contributed by atoms with Crippen LogP contribution in [0.1, 0.15) is 0 Å². The van der Waals surface area contributed by atoms with E-state index in [0.29, 0.717) is 0 Å². The molecule has 0 amide bonds. The maximum atomic E-state index is 3.22. The SMILES string of the molecule is CNc1[cH-]ccc1[Si](C)(C)C.[Fe+2].c1cc[cH-]c1. The molecule has 94 valence electrons. The van der Waals surface area contributed by atoms with Gasteiger partial charge in [0.15, 0.2) is 0 Å². The van der Waals surface area contributed by atoms with Crippen molar-refractivity contribution in [3.05, 3.63) is 48.5 Å². The molecule has 0 aliphatic carbocycles. The summed E-state index contributed by atoms with van der Waals surface area (Å²) in [5.74, 6) is 0. The van der Waals surface area contributed by atoms with E-state index >= 15 is 0 Å². The van der Waals surface area contributed by atoms with E-state index in [1.54, 1.807) is 0 Å². The molecule has 0 spiro atoms. The van der Waals surface area contributed by atoms with Crippen LogP contribution in [0, 0.1) is 0 Å². The van der Waals surface area contributed by atoms with Crippen LogP contribution in [0.2, 0.25) is 19.6 Å². The van der Waals surface area contributed by atoms with Crippen molar-refractivity contribution in [1.82, 2.24) is 0 Å². The Labute approximate surface area is 116 Å². The molecule has 2 rings (SSSR count). The summed E-state index contributed by atoms with van der Waals surface area (Å²) in [5, 5.41) is 4.74. The molecular weight excluding hydrogens is 266 g/mol. The Balaban J connectivity index is 0.000000360. The van der Waals surface area contributed by atoms with Gasteiger partial charge in [-0.05, 0) is 0 Å². The molecule has 0 bridgehead atoms. The van der Waals surface area contributed by atoms with Gasteiger partial charge in [-0.3, -0.25) is 0 Å². The molecule has 0 aliphatic heterocycles. The number of hydrogen-bond donors (Lipinski definition) is 1. The molecular formula is C14H21FeNSi. The van der Waals surface area contributed by atoms with Crippen molar-refractivity contribution in [2.45, 2.75) is 19.6 Å². The second-order valence-corrected chi connectivity index (χ2v) is 9.85. The Morgan fingerprint density at radius 1 is 1.06 bits per heavy atom. The molecule has 0 aromatic heterocycles. The van der Waals surface area contributed by atoms with Crippen LogP contribution in [0.15, 0.2) is 48.5 Å². The van der Waals surface area contributed by atoms with Gasteiger partial charge in [0.05, 0.1) is 0 Å². The molecule has 2 aromatic carbocycles. The summed E-state index contributed by atoms with van der Waals surface area (Å²) < 4.78 is 0. The summed E-state index contributed by atoms with van der Waals surface area (Å²) in [6, 6.07) is 16.5. The van der Waals surface area contributed by atoms with E-state index < -0.39 is 8.07 Å². The van der Waals surface area contributed by atoms with Crippen molar-refractivity contribution in [3.8, 4) is 0 Å². The Kier molecular flexibility index (Phi) is 7.20. The first-order valence-electron chi connectivity index (χ1n) is 5.66. The summed E-state index contributed by atoms with van der Waals surface area (Å²) in [6.45, 7) is 7.09. The number of anilines is 1. The van der Waals surface area contributed by atoms with Crippen LogP contribution in [0.4, 0.5) is 5.69 Å². The molecule has 2 aromatic rings. The fourth-order valence-corrected chi connectivity index (χ4v) is 3.23. The van der Waals surface area contributed by atoms with Gasteiger partial charge in [0, 0.05) is 15.1 Å². The Morgan fingerprint density at radius 2 is 1.65 bits per heavy atom. The van der Waals surface area contributed by atoms with Gasteiger partial charge in [-0.2, -0.15) is 29.5 Å². The summed E-state index contributed by atoms with van der Waals surface area (Å²) in [7, 11) is 0.876. The van der Waals surface area contributed by atoms with Crippen molar-refractivity contribution < 1.29 is 17.1 Å². The van der Waals surface area contributed by atoms with Crippen molar-refractivity contribution >= 4 is 18.9 Å². The smallest absolute Gasteiger partial charge is 0.410 e. The fourth-order valence-electron chi connectivity index (χ4n) is 1.61. The van der Waals surface area contributed by atoms with Crippen LogP contribution in [-0.2, 0) is 17.1 Å². The van der Waals surface area contributed by atoms with Crippen molar-refractivity contribution in [3.63, 3.8) is 0 Å². The van der Waals surface area contributed by atoms with E-state index in [4.69, 9.17) is 0 Å². The summed E-state index contributed by atoms with van der Waals surface area (Å²) >= 11 is 0. The second-order valence-electron chi connectivity index (χ2n) is 4.82. The molecule has 0 saturated carbocycles. The molecule has 0 heterocycles. The first-order valence-corrected chi connectivity index (χ1v) is 9.16. The van der Waals surface area contributed by atoms with E-state index in [2.05, 4.69) is 43.2 Å². The second kappa shape index (κ2) is 7.54. The van der Waals surface area contributed by atoms with Gasteiger partial charge in [0.1, 0.15) is 0 Å². The van der Waals surface area contributed by atoms with Crippen molar-refractivity contribution in [2.75, 3.05) is 12.4 Å². The molecule has 0 atom stereocenters. The number of nitrogens with one attached hydrogen (secondary N) is 1. The standard InChI is InChI=1S/C9H16NSi.C5H5.Fe/c1-10-8-6-5-7-9(8)11(2,3)4;1-2-4-5-3-1;/h5-7,10H,1-4H3;1-5H;/q2*-1;+2. The van der Waals surface area contributed by atoms with Gasteiger partial charge < -0.3 is 5.32 Å². The van der Waals surface area contributed by atoms with Gasteiger partial charge >= 0.3 is 17.1 Å². The Morgan fingerprint density at radius 3 is 1.94 bits per heavy atom. The molecule has 1 nitrogen and oxygen atoms in total. The minimum absolute atomic E-state index is 0. The fraction of sp³-hybridized carbons (Fsp3) is 0.286. The van der Waals surface area contributed by atoms with Gasteiger partial charge in [0.2, 0.25) is 0 Å². The third kappa shape index (κ3) is 5.40. The average molecular weight is 287 g/mol. The minimum Gasteiger partial charge on any atom is -0.410 e. The molecule has 3 heteroatoms. The molecule has 17 heavy (non-hydrogen) atoms. The summed E-state index contributed by atoms with van der Waals surface area (Å²) in [6.07, 6.45) is 0. The summed E-state index contributed by atoms with van der Waals surface area (Å²) in [5.41, 5.74) is 1.31. The molecule has 0 unspecified atom stereocenters. The minimum atomic E-state index is -1.11. The third-order valence-corrected chi connectivity index (χ3v) is 4.50. The van der Waals surface area contributed by atoms with Crippen LogP contribution in [-0.4, -0.2) is 15.1 Å². The zero-order valence-electron chi connectivity index (χ0n) is 11.0. The van der Waals surface area contributed by atoms with E-state index in [9.17, 15) is 0 Å². The number of rotatable bonds is 2. The zero-order chi connectivity index (χ0) is 12.0. The predicted molar refractivity (Wildman–Crippen MR) is 76.6 cm³/mol. The van der Waals surface area contributed by atoms with Crippen LogP contribution in [0.25, 0.3) is 0 Å². The van der Waals surface area contributed by atoms with Crippen molar-refractivity contribution in [1.29, 1.82) is 0 Å². The van der Waals surface area contributed by atoms with Gasteiger partial charge in [-0.25, -0.2) is 18.2 Å². The molecule has 1 N–H and O–H groups in total. The van der Waals surface area contributed by atoms with Crippen LogP contribution in [0.5, 0.6) is 0 Å². The topological polar surface area (TPSA) is 12.0 Å². The van der Waals surface area contributed by atoms with Crippen LogP contribution < -0.4 is 10.5 Å². The Bertz CT molecular complexity index is 367.